The Morgan fingerprint density at radius 1 is 1.43 bits per heavy atom. The van der Waals surface area contributed by atoms with Crippen LogP contribution >= 0.6 is 11.6 Å². The van der Waals surface area contributed by atoms with E-state index < -0.39 is 0 Å². The number of carbonyl (C=O) groups is 1. The first-order chi connectivity index (χ1) is 6.61. The van der Waals surface area contributed by atoms with E-state index in [1.54, 1.807) is 0 Å². The number of esters is 1. The van der Waals surface area contributed by atoms with E-state index in [-0.39, 0.29) is 11.6 Å². The van der Waals surface area contributed by atoms with E-state index in [1.807, 2.05) is 0 Å². The summed E-state index contributed by atoms with van der Waals surface area (Å²) in [5.74, 6) is 0.428. The fourth-order valence-corrected chi connectivity index (χ4v) is 3.34. The van der Waals surface area contributed by atoms with Crippen LogP contribution in [0.3, 0.4) is 0 Å². The predicted molar refractivity (Wildman–Crippen MR) is 55.3 cm³/mol. The van der Waals surface area contributed by atoms with Crippen molar-refractivity contribution in [3.63, 3.8) is 0 Å². The van der Waals surface area contributed by atoms with E-state index in [4.69, 9.17) is 16.3 Å². The third-order valence-electron chi connectivity index (χ3n) is 3.59. The fourth-order valence-electron chi connectivity index (χ4n) is 2.97. The second kappa shape index (κ2) is 3.73. The minimum Gasteiger partial charge on any atom is -0.459 e. The molecule has 3 atom stereocenters. The van der Waals surface area contributed by atoms with Gasteiger partial charge in [0.25, 0.3) is 0 Å². The number of alkyl halides is 1. The van der Waals surface area contributed by atoms with Gasteiger partial charge in [-0.25, -0.2) is 0 Å². The van der Waals surface area contributed by atoms with E-state index in [1.165, 1.54) is 6.92 Å². The summed E-state index contributed by atoms with van der Waals surface area (Å²) in [5, 5.41) is 0.301. The summed E-state index contributed by atoms with van der Waals surface area (Å²) in [6.45, 7) is 1.51. The quantitative estimate of drug-likeness (QED) is 0.498. The van der Waals surface area contributed by atoms with E-state index in [0.717, 1.165) is 38.5 Å². The van der Waals surface area contributed by atoms with Gasteiger partial charge in [0.15, 0.2) is 0 Å². The molecule has 0 aromatic rings. The molecule has 2 aliphatic carbocycles. The molecule has 14 heavy (non-hydrogen) atoms. The zero-order valence-corrected chi connectivity index (χ0v) is 9.35. The number of ether oxygens (including phenoxy) is 1. The molecule has 2 rings (SSSR count). The van der Waals surface area contributed by atoms with Gasteiger partial charge in [-0.15, -0.1) is 11.6 Å². The second-order valence-electron chi connectivity index (χ2n) is 4.69. The highest BCUT2D eigenvalue weighted by Gasteiger charge is 2.45. The molecule has 0 radical (unpaired) electrons. The lowest BCUT2D eigenvalue weighted by atomic mass is 9.96. The highest BCUT2D eigenvalue weighted by Crippen LogP contribution is 2.47. The molecule has 0 spiro atoms. The predicted octanol–water partition coefficient (Wildman–Crippen LogP) is 2.88. The molecule has 0 aliphatic heterocycles. The topological polar surface area (TPSA) is 26.3 Å². The molecule has 0 N–H and O–H groups in total. The first-order valence-electron chi connectivity index (χ1n) is 5.45. The van der Waals surface area contributed by atoms with Gasteiger partial charge >= 0.3 is 5.97 Å². The Bertz CT molecular complexity index is 241. The Kier molecular flexibility index (Phi) is 2.74. The molecular weight excluding hydrogens is 200 g/mol. The molecule has 2 saturated carbocycles. The van der Waals surface area contributed by atoms with Crippen LogP contribution in [0.15, 0.2) is 0 Å². The summed E-state index contributed by atoms with van der Waals surface area (Å²) in [5.41, 5.74) is -0.153. The maximum atomic E-state index is 11.0. The van der Waals surface area contributed by atoms with Crippen molar-refractivity contribution in [2.75, 3.05) is 0 Å². The SMILES string of the molecule is CC(=O)O[C@@]12CCC[C@@H](Cl)[C@@H](CC1)C2. The number of fused-ring (bicyclic) bond motifs is 2. The third-order valence-corrected chi connectivity index (χ3v) is 4.16. The van der Waals surface area contributed by atoms with Gasteiger partial charge in [0.1, 0.15) is 5.60 Å². The van der Waals surface area contributed by atoms with Crippen molar-refractivity contribution in [1.29, 1.82) is 0 Å². The first-order valence-corrected chi connectivity index (χ1v) is 5.89. The largest absolute Gasteiger partial charge is 0.459 e. The highest BCUT2D eigenvalue weighted by molar-refractivity contribution is 6.20. The first kappa shape index (κ1) is 10.3. The molecule has 3 heteroatoms. The Balaban J connectivity index is 2.09. The Labute approximate surface area is 90.0 Å². The lowest BCUT2D eigenvalue weighted by Gasteiger charge is -2.27. The van der Waals surface area contributed by atoms with Gasteiger partial charge in [-0.05, 0) is 44.4 Å². The average molecular weight is 217 g/mol. The minimum atomic E-state index is -0.153. The maximum Gasteiger partial charge on any atom is 0.303 e. The summed E-state index contributed by atoms with van der Waals surface area (Å²) < 4.78 is 5.50. The van der Waals surface area contributed by atoms with Crippen LogP contribution < -0.4 is 0 Å². The van der Waals surface area contributed by atoms with Crippen LogP contribution in [0, 0.1) is 5.92 Å². The number of carbonyl (C=O) groups excluding carboxylic acids is 1. The number of halogens is 1. The van der Waals surface area contributed by atoms with E-state index in [0.29, 0.717) is 11.3 Å². The normalized spacial score (nSPS) is 41.9. The Morgan fingerprint density at radius 2 is 2.21 bits per heavy atom. The van der Waals surface area contributed by atoms with Gasteiger partial charge in [0, 0.05) is 12.3 Å². The zero-order chi connectivity index (χ0) is 10.2. The van der Waals surface area contributed by atoms with Gasteiger partial charge in [0.2, 0.25) is 0 Å². The highest BCUT2D eigenvalue weighted by atomic mass is 35.5. The fraction of sp³-hybridized carbons (Fsp3) is 0.909. The van der Waals surface area contributed by atoms with Crippen LogP contribution in [0.4, 0.5) is 0 Å². The number of hydrogen-bond donors (Lipinski definition) is 0. The summed E-state index contributed by atoms with van der Waals surface area (Å²) in [6, 6.07) is 0. The number of hydrogen-bond acceptors (Lipinski definition) is 2. The van der Waals surface area contributed by atoms with Crippen molar-refractivity contribution in [3.8, 4) is 0 Å². The van der Waals surface area contributed by atoms with Gasteiger partial charge in [-0.3, -0.25) is 4.79 Å². The second-order valence-corrected chi connectivity index (χ2v) is 5.25. The maximum absolute atomic E-state index is 11.0. The Morgan fingerprint density at radius 3 is 2.93 bits per heavy atom. The lowest BCUT2D eigenvalue weighted by Crippen LogP contribution is -2.31. The summed E-state index contributed by atoms with van der Waals surface area (Å²) in [4.78, 5) is 11.0. The molecule has 2 bridgehead atoms. The van der Waals surface area contributed by atoms with Crippen molar-refractivity contribution in [3.05, 3.63) is 0 Å². The average Bonchev–Trinajstić information content (AvgIpc) is 2.40. The van der Waals surface area contributed by atoms with Gasteiger partial charge in [-0.2, -0.15) is 0 Å². The van der Waals surface area contributed by atoms with E-state index >= 15 is 0 Å². The molecule has 0 amide bonds. The molecule has 0 aromatic heterocycles. The number of rotatable bonds is 1. The van der Waals surface area contributed by atoms with Gasteiger partial charge < -0.3 is 4.74 Å². The molecule has 0 heterocycles. The molecule has 2 fully saturated rings. The summed E-state index contributed by atoms with van der Waals surface area (Å²) in [6.07, 6.45) is 6.31. The van der Waals surface area contributed by atoms with E-state index in [9.17, 15) is 4.79 Å². The third kappa shape index (κ3) is 1.90. The molecule has 0 unspecified atom stereocenters. The molecule has 0 aromatic carbocycles. The van der Waals surface area contributed by atoms with Crippen LogP contribution in [0.25, 0.3) is 0 Å². The van der Waals surface area contributed by atoms with Crippen molar-refractivity contribution >= 4 is 17.6 Å². The van der Waals surface area contributed by atoms with Crippen molar-refractivity contribution < 1.29 is 9.53 Å². The van der Waals surface area contributed by atoms with Crippen LogP contribution in [0.1, 0.15) is 45.4 Å². The molecule has 2 nitrogen and oxygen atoms in total. The minimum absolute atomic E-state index is 0.140. The van der Waals surface area contributed by atoms with Crippen LogP contribution in [0.5, 0.6) is 0 Å². The monoisotopic (exact) mass is 216 g/mol. The van der Waals surface area contributed by atoms with Crippen LogP contribution in [-0.2, 0) is 9.53 Å². The van der Waals surface area contributed by atoms with Crippen molar-refractivity contribution in [2.24, 2.45) is 5.92 Å². The molecule has 80 valence electrons. The smallest absolute Gasteiger partial charge is 0.303 e. The summed E-state index contributed by atoms with van der Waals surface area (Å²) in [7, 11) is 0. The molecule has 2 aliphatic rings. The van der Waals surface area contributed by atoms with Crippen molar-refractivity contribution in [2.45, 2.75) is 56.4 Å². The van der Waals surface area contributed by atoms with Gasteiger partial charge in [-0.1, -0.05) is 0 Å². The summed E-state index contributed by atoms with van der Waals surface area (Å²) >= 11 is 6.27. The van der Waals surface area contributed by atoms with Crippen LogP contribution in [0.2, 0.25) is 0 Å². The lowest BCUT2D eigenvalue weighted by molar-refractivity contribution is -0.157. The van der Waals surface area contributed by atoms with E-state index in [2.05, 4.69) is 0 Å². The van der Waals surface area contributed by atoms with Gasteiger partial charge in [0.05, 0.1) is 0 Å². The Hall–Kier alpha value is -0.240. The standard InChI is InChI=1S/C11H17ClO2/c1-8(13)14-11-5-2-3-10(12)9(7-11)4-6-11/h9-10H,2-7H2,1H3/t9-,10+,11-/m0/s1. The zero-order valence-electron chi connectivity index (χ0n) is 8.59. The van der Waals surface area contributed by atoms with Crippen LogP contribution in [-0.4, -0.2) is 16.9 Å². The molecular formula is C11H17ClO2. The molecule has 0 saturated heterocycles. The van der Waals surface area contributed by atoms with Crippen molar-refractivity contribution in [1.82, 2.24) is 0 Å².